The number of halogens is 1. The SMILES string of the molecule is COc1ccc(Cl)cc1CN1C(=O)NC(c2ccccc2)(c2ccccc2)C1=O. The number of hydrogen-bond donors (Lipinski definition) is 1. The summed E-state index contributed by atoms with van der Waals surface area (Å²) in [5.41, 5.74) is 0.765. The molecule has 0 saturated carbocycles. The van der Waals surface area contributed by atoms with Crippen molar-refractivity contribution in [3.05, 3.63) is 101 Å². The molecule has 1 saturated heterocycles. The first kappa shape index (κ1) is 19.0. The third-order valence-corrected chi connectivity index (χ3v) is 5.33. The van der Waals surface area contributed by atoms with Crippen LogP contribution in [0.25, 0.3) is 0 Å². The lowest BCUT2D eigenvalue weighted by Crippen LogP contribution is -2.45. The number of amides is 3. The van der Waals surface area contributed by atoms with E-state index in [1.165, 1.54) is 12.0 Å². The van der Waals surface area contributed by atoms with Crippen LogP contribution in [-0.2, 0) is 16.9 Å². The molecule has 0 unspecified atom stereocenters. The maximum absolute atomic E-state index is 13.7. The van der Waals surface area contributed by atoms with E-state index in [1.807, 2.05) is 60.7 Å². The Morgan fingerprint density at radius 3 is 2.07 bits per heavy atom. The van der Waals surface area contributed by atoms with Crippen molar-refractivity contribution in [2.75, 3.05) is 7.11 Å². The normalized spacial score (nSPS) is 15.3. The Labute approximate surface area is 173 Å². The Hall–Kier alpha value is -3.31. The van der Waals surface area contributed by atoms with E-state index in [0.29, 0.717) is 27.5 Å². The third-order valence-electron chi connectivity index (χ3n) is 5.09. The third kappa shape index (κ3) is 3.23. The lowest BCUT2D eigenvalue weighted by Gasteiger charge is -2.28. The van der Waals surface area contributed by atoms with E-state index in [1.54, 1.807) is 18.2 Å². The minimum atomic E-state index is -1.29. The van der Waals surface area contributed by atoms with Crippen molar-refractivity contribution in [2.24, 2.45) is 0 Å². The predicted molar refractivity (Wildman–Crippen MR) is 111 cm³/mol. The highest BCUT2D eigenvalue weighted by molar-refractivity contribution is 6.30. The molecular weight excluding hydrogens is 388 g/mol. The second-order valence-corrected chi connectivity index (χ2v) is 7.20. The van der Waals surface area contributed by atoms with Crippen LogP contribution >= 0.6 is 11.6 Å². The Bertz CT molecular complexity index is 1010. The number of benzene rings is 3. The van der Waals surface area contributed by atoms with E-state index in [2.05, 4.69) is 5.32 Å². The lowest BCUT2D eigenvalue weighted by molar-refractivity contribution is -0.130. The molecule has 3 aromatic carbocycles. The Morgan fingerprint density at radius 1 is 0.931 bits per heavy atom. The molecule has 3 aromatic rings. The first-order chi connectivity index (χ1) is 14.1. The fourth-order valence-corrected chi connectivity index (χ4v) is 3.89. The summed E-state index contributed by atoms with van der Waals surface area (Å²) in [4.78, 5) is 27.9. The van der Waals surface area contributed by atoms with Gasteiger partial charge in [-0.05, 0) is 29.3 Å². The molecule has 4 rings (SSSR count). The summed E-state index contributed by atoms with van der Waals surface area (Å²) in [6, 6.07) is 23.2. The van der Waals surface area contributed by atoms with Crippen LogP contribution in [0.1, 0.15) is 16.7 Å². The first-order valence-corrected chi connectivity index (χ1v) is 9.51. The maximum atomic E-state index is 13.7. The number of methoxy groups -OCH3 is 1. The molecule has 0 radical (unpaired) electrons. The van der Waals surface area contributed by atoms with Gasteiger partial charge in [0.25, 0.3) is 5.91 Å². The number of nitrogens with one attached hydrogen (secondary N) is 1. The monoisotopic (exact) mass is 406 g/mol. The fraction of sp³-hybridized carbons (Fsp3) is 0.130. The highest BCUT2D eigenvalue weighted by atomic mass is 35.5. The van der Waals surface area contributed by atoms with Crippen LogP contribution in [0.5, 0.6) is 5.75 Å². The van der Waals surface area contributed by atoms with Gasteiger partial charge in [-0.3, -0.25) is 9.69 Å². The quantitative estimate of drug-likeness (QED) is 0.641. The summed E-state index contributed by atoms with van der Waals surface area (Å²) in [5, 5.41) is 3.44. The molecule has 3 amide bonds. The standard InChI is InChI=1S/C23H19ClN2O3/c1-29-20-13-12-19(24)14-16(20)15-26-21(27)23(25-22(26)28,17-8-4-2-5-9-17)18-10-6-3-7-11-18/h2-14H,15H2,1H3,(H,25,28). The van der Waals surface area contributed by atoms with Crippen molar-refractivity contribution in [1.29, 1.82) is 0 Å². The summed E-state index contributed by atoms with van der Waals surface area (Å²) in [7, 11) is 1.54. The summed E-state index contributed by atoms with van der Waals surface area (Å²) in [5.74, 6) is 0.217. The molecule has 1 aliphatic rings. The van der Waals surface area contributed by atoms with Crippen LogP contribution in [0, 0.1) is 0 Å². The smallest absolute Gasteiger partial charge is 0.325 e. The van der Waals surface area contributed by atoms with E-state index in [-0.39, 0.29) is 12.5 Å². The largest absolute Gasteiger partial charge is 0.496 e. The van der Waals surface area contributed by atoms with Gasteiger partial charge in [-0.1, -0.05) is 72.3 Å². The van der Waals surface area contributed by atoms with E-state index in [9.17, 15) is 9.59 Å². The second kappa shape index (κ2) is 7.60. The van der Waals surface area contributed by atoms with Gasteiger partial charge in [-0.2, -0.15) is 0 Å². The zero-order chi connectivity index (χ0) is 20.4. The Kier molecular flexibility index (Phi) is 4.99. The van der Waals surface area contributed by atoms with E-state index in [0.717, 1.165) is 0 Å². The van der Waals surface area contributed by atoms with Crippen molar-refractivity contribution in [1.82, 2.24) is 10.2 Å². The van der Waals surface area contributed by atoms with Crippen LogP contribution in [-0.4, -0.2) is 23.9 Å². The molecule has 6 heteroatoms. The molecule has 5 nitrogen and oxygen atoms in total. The van der Waals surface area contributed by atoms with E-state index < -0.39 is 11.6 Å². The molecule has 0 aromatic heterocycles. The van der Waals surface area contributed by atoms with Crippen LogP contribution < -0.4 is 10.1 Å². The molecule has 0 bridgehead atoms. The van der Waals surface area contributed by atoms with Crippen LogP contribution in [0.2, 0.25) is 5.02 Å². The average Bonchev–Trinajstić information content (AvgIpc) is 3.01. The zero-order valence-electron chi connectivity index (χ0n) is 15.8. The molecule has 0 atom stereocenters. The van der Waals surface area contributed by atoms with Crippen molar-refractivity contribution in [3.63, 3.8) is 0 Å². The summed E-state index contributed by atoms with van der Waals surface area (Å²) in [6.07, 6.45) is 0. The predicted octanol–water partition coefficient (Wildman–Crippen LogP) is 4.34. The molecule has 1 aliphatic heterocycles. The molecule has 0 spiro atoms. The maximum Gasteiger partial charge on any atom is 0.325 e. The van der Waals surface area contributed by atoms with Gasteiger partial charge in [0.05, 0.1) is 13.7 Å². The number of carbonyl (C=O) groups is 2. The minimum Gasteiger partial charge on any atom is -0.496 e. The Balaban J connectivity index is 1.80. The number of imide groups is 1. The van der Waals surface area contributed by atoms with Crippen molar-refractivity contribution >= 4 is 23.5 Å². The highest BCUT2D eigenvalue weighted by Crippen LogP contribution is 2.37. The first-order valence-electron chi connectivity index (χ1n) is 9.14. The molecule has 29 heavy (non-hydrogen) atoms. The topological polar surface area (TPSA) is 58.6 Å². The van der Waals surface area contributed by atoms with Crippen molar-refractivity contribution < 1.29 is 14.3 Å². The molecule has 1 heterocycles. The van der Waals surface area contributed by atoms with Crippen molar-refractivity contribution in [3.8, 4) is 5.75 Å². The minimum absolute atomic E-state index is 0.0514. The molecule has 1 N–H and O–H groups in total. The van der Waals surface area contributed by atoms with Crippen LogP contribution in [0.15, 0.2) is 78.9 Å². The number of ether oxygens (including phenoxy) is 1. The van der Waals surface area contributed by atoms with Gasteiger partial charge in [0.1, 0.15) is 5.75 Å². The van der Waals surface area contributed by atoms with E-state index in [4.69, 9.17) is 16.3 Å². The molecule has 146 valence electrons. The van der Waals surface area contributed by atoms with Crippen molar-refractivity contribution in [2.45, 2.75) is 12.1 Å². The number of hydrogen-bond acceptors (Lipinski definition) is 3. The number of carbonyl (C=O) groups excluding carboxylic acids is 2. The van der Waals surface area contributed by atoms with E-state index >= 15 is 0 Å². The zero-order valence-corrected chi connectivity index (χ0v) is 16.5. The second-order valence-electron chi connectivity index (χ2n) is 6.76. The highest BCUT2D eigenvalue weighted by Gasteiger charge is 2.53. The number of rotatable bonds is 5. The fourth-order valence-electron chi connectivity index (χ4n) is 3.69. The van der Waals surface area contributed by atoms with Gasteiger partial charge in [-0.15, -0.1) is 0 Å². The number of urea groups is 1. The molecule has 1 fully saturated rings. The van der Waals surface area contributed by atoms with Gasteiger partial charge in [0.15, 0.2) is 5.54 Å². The summed E-state index contributed by atoms with van der Waals surface area (Å²) < 4.78 is 5.37. The molecular formula is C23H19ClN2O3. The van der Waals surface area contributed by atoms with Gasteiger partial charge >= 0.3 is 6.03 Å². The van der Waals surface area contributed by atoms with Crippen LogP contribution in [0.3, 0.4) is 0 Å². The summed E-state index contributed by atoms with van der Waals surface area (Å²) in [6.45, 7) is 0.0514. The van der Waals surface area contributed by atoms with Gasteiger partial charge in [0, 0.05) is 10.6 Å². The summed E-state index contributed by atoms with van der Waals surface area (Å²) >= 11 is 6.12. The van der Waals surface area contributed by atoms with Gasteiger partial charge in [-0.25, -0.2) is 4.79 Å². The van der Waals surface area contributed by atoms with Crippen LogP contribution in [0.4, 0.5) is 4.79 Å². The van der Waals surface area contributed by atoms with Gasteiger partial charge in [0.2, 0.25) is 0 Å². The lowest BCUT2D eigenvalue weighted by atomic mass is 9.82. The molecule has 0 aliphatic carbocycles. The Morgan fingerprint density at radius 2 is 1.52 bits per heavy atom. The number of nitrogens with zero attached hydrogens (tertiary/aromatic N) is 1. The average molecular weight is 407 g/mol. The van der Waals surface area contributed by atoms with Gasteiger partial charge < -0.3 is 10.1 Å².